The molecule has 8 heteroatoms. The summed E-state index contributed by atoms with van der Waals surface area (Å²) in [6, 6.07) is 12.3. The highest BCUT2D eigenvalue weighted by Crippen LogP contribution is 2.29. The van der Waals surface area contributed by atoms with Gasteiger partial charge < -0.3 is 24.7 Å². The van der Waals surface area contributed by atoms with Gasteiger partial charge in [-0.15, -0.1) is 0 Å². The highest BCUT2D eigenvalue weighted by Gasteiger charge is 2.41. The third kappa shape index (κ3) is 6.55. The highest BCUT2D eigenvalue weighted by molar-refractivity contribution is 5.73. The Kier molecular flexibility index (Phi) is 7.87. The van der Waals surface area contributed by atoms with E-state index in [2.05, 4.69) is 9.80 Å². The number of piperidine rings is 1. The summed E-state index contributed by atoms with van der Waals surface area (Å²) < 4.78 is 19.3. The molecule has 0 unspecified atom stereocenters. The van der Waals surface area contributed by atoms with Crippen LogP contribution in [0.2, 0.25) is 0 Å². The van der Waals surface area contributed by atoms with Crippen LogP contribution in [-0.2, 0) is 4.79 Å². The molecule has 7 nitrogen and oxygen atoms in total. The standard InChI is InChI=1S/C28H38FN3O4/c1-21-4-9-26(16-22(21)2)36-20-28(35)18-30(14-15-32(19-28)23(3)33)17-27(34)10-12-31(13-11-27)25-7-5-24(29)6-8-25/h4-9,16,34-35H,10-15,17-20H2,1-3H3/t28-/m0/s1. The maximum atomic E-state index is 13.3. The first-order chi connectivity index (χ1) is 17.0. The largest absolute Gasteiger partial charge is 0.490 e. The van der Waals surface area contributed by atoms with Gasteiger partial charge in [0.1, 0.15) is 23.8 Å². The van der Waals surface area contributed by atoms with E-state index in [1.54, 1.807) is 17.0 Å². The molecule has 0 bridgehead atoms. The van der Waals surface area contributed by atoms with Crippen LogP contribution in [0.25, 0.3) is 0 Å². The maximum absolute atomic E-state index is 13.3. The second-order valence-corrected chi connectivity index (χ2v) is 10.6. The van der Waals surface area contributed by atoms with Crippen molar-refractivity contribution in [2.24, 2.45) is 0 Å². The molecule has 2 saturated heterocycles. The molecule has 36 heavy (non-hydrogen) atoms. The Morgan fingerprint density at radius 3 is 2.28 bits per heavy atom. The first-order valence-corrected chi connectivity index (χ1v) is 12.7. The zero-order valence-corrected chi connectivity index (χ0v) is 21.5. The molecule has 0 aromatic heterocycles. The van der Waals surface area contributed by atoms with Gasteiger partial charge in [0.25, 0.3) is 0 Å². The molecule has 2 N–H and O–H groups in total. The van der Waals surface area contributed by atoms with Gasteiger partial charge in [0.2, 0.25) is 5.91 Å². The Balaban J connectivity index is 1.41. The second kappa shape index (κ2) is 10.7. The van der Waals surface area contributed by atoms with Gasteiger partial charge in [0.05, 0.1) is 12.1 Å². The number of aryl methyl sites for hydroxylation is 2. The van der Waals surface area contributed by atoms with Crippen molar-refractivity contribution >= 4 is 11.6 Å². The van der Waals surface area contributed by atoms with Crippen molar-refractivity contribution in [1.29, 1.82) is 0 Å². The number of halogens is 1. The van der Waals surface area contributed by atoms with Gasteiger partial charge in [-0.2, -0.15) is 0 Å². The lowest BCUT2D eigenvalue weighted by Gasteiger charge is -2.42. The van der Waals surface area contributed by atoms with Crippen molar-refractivity contribution in [3.05, 3.63) is 59.4 Å². The molecular formula is C28H38FN3O4. The summed E-state index contributed by atoms with van der Waals surface area (Å²) in [7, 11) is 0. The van der Waals surface area contributed by atoms with E-state index in [0.717, 1.165) is 11.3 Å². The average Bonchev–Trinajstić information content (AvgIpc) is 3.00. The topological polar surface area (TPSA) is 76.5 Å². The molecule has 0 saturated carbocycles. The fourth-order valence-electron chi connectivity index (χ4n) is 5.17. The van der Waals surface area contributed by atoms with Crippen LogP contribution < -0.4 is 9.64 Å². The Morgan fingerprint density at radius 1 is 0.944 bits per heavy atom. The van der Waals surface area contributed by atoms with E-state index in [-0.39, 0.29) is 24.9 Å². The lowest BCUT2D eigenvalue weighted by atomic mass is 9.90. The number of β-amino-alcohol motifs (C(OH)–C–C–N with tert-alkyl or cyclic N) is 2. The van der Waals surface area contributed by atoms with E-state index >= 15 is 0 Å². The molecule has 2 aliphatic rings. The van der Waals surface area contributed by atoms with Gasteiger partial charge in [0, 0.05) is 51.9 Å². The molecule has 1 atom stereocenters. The van der Waals surface area contributed by atoms with Crippen LogP contribution in [0.3, 0.4) is 0 Å². The van der Waals surface area contributed by atoms with E-state index in [1.165, 1.54) is 24.6 Å². The molecule has 2 aliphatic heterocycles. The summed E-state index contributed by atoms with van der Waals surface area (Å²) in [5.74, 6) is 0.332. The van der Waals surface area contributed by atoms with E-state index in [1.807, 2.05) is 32.0 Å². The molecule has 2 heterocycles. The molecular weight excluding hydrogens is 461 g/mol. The number of carbonyl (C=O) groups is 1. The maximum Gasteiger partial charge on any atom is 0.219 e. The number of rotatable bonds is 6. The molecule has 0 aliphatic carbocycles. The third-order valence-corrected chi connectivity index (χ3v) is 7.52. The van der Waals surface area contributed by atoms with E-state index in [9.17, 15) is 19.4 Å². The monoisotopic (exact) mass is 499 g/mol. The summed E-state index contributed by atoms with van der Waals surface area (Å²) in [4.78, 5) is 18.1. The number of hydrogen-bond acceptors (Lipinski definition) is 6. The summed E-state index contributed by atoms with van der Waals surface area (Å²) in [6.45, 7) is 8.87. The number of carbonyl (C=O) groups excluding carboxylic acids is 1. The molecule has 0 radical (unpaired) electrons. The first-order valence-electron chi connectivity index (χ1n) is 12.7. The van der Waals surface area contributed by atoms with Gasteiger partial charge in [-0.05, 0) is 74.2 Å². The van der Waals surface area contributed by atoms with Crippen LogP contribution in [0.4, 0.5) is 10.1 Å². The molecule has 196 valence electrons. The lowest BCUT2D eigenvalue weighted by Crippen LogP contribution is -2.55. The average molecular weight is 500 g/mol. The van der Waals surface area contributed by atoms with Crippen molar-refractivity contribution in [3.63, 3.8) is 0 Å². The summed E-state index contributed by atoms with van der Waals surface area (Å²) in [5, 5.41) is 23.0. The van der Waals surface area contributed by atoms with Gasteiger partial charge in [0.15, 0.2) is 0 Å². The van der Waals surface area contributed by atoms with Crippen LogP contribution in [-0.4, -0.2) is 89.5 Å². The third-order valence-electron chi connectivity index (χ3n) is 7.52. The van der Waals surface area contributed by atoms with Crippen LogP contribution in [0.15, 0.2) is 42.5 Å². The normalized spacial score (nSPS) is 22.8. The van der Waals surface area contributed by atoms with Crippen LogP contribution in [0, 0.1) is 19.7 Å². The Bertz CT molecular complexity index is 1060. The van der Waals surface area contributed by atoms with Gasteiger partial charge in [-0.25, -0.2) is 4.39 Å². The van der Waals surface area contributed by atoms with E-state index in [4.69, 9.17) is 4.74 Å². The highest BCUT2D eigenvalue weighted by atomic mass is 19.1. The second-order valence-electron chi connectivity index (χ2n) is 10.6. The molecule has 4 rings (SSSR count). The van der Waals surface area contributed by atoms with Crippen LogP contribution >= 0.6 is 0 Å². The lowest BCUT2D eigenvalue weighted by molar-refractivity contribution is -0.132. The Hall–Kier alpha value is -2.68. The minimum Gasteiger partial charge on any atom is -0.490 e. The number of amides is 1. The van der Waals surface area contributed by atoms with Crippen molar-refractivity contribution in [1.82, 2.24) is 9.80 Å². The smallest absolute Gasteiger partial charge is 0.219 e. The van der Waals surface area contributed by atoms with Crippen LogP contribution in [0.5, 0.6) is 5.75 Å². The molecule has 2 aromatic carbocycles. The number of hydrogen-bond donors (Lipinski definition) is 2. The Labute approximate surface area is 213 Å². The van der Waals surface area contributed by atoms with Gasteiger partial charge in [-0.1, -0.05) is 6.07 Å². The van der Waals surface area contributed by atoms with Crippen molar-refractivity contribution in [3.8, 4) is 5.75 Å². The molecule has 2 aromatic rings. The summed E-state index contributed by atoms with van der Waals surface area (Å²) in [5.41, 5.74) is 1.05. The predicted octanol–water partition coefficient (Wildman–Crippen LogP) is 2.75. The predicted molar refractivity (Wildman–Crippen MR) is 138 cm³/mol. The number of aliphatic hydroxyl groups is 2. The van der Waals surface area contributed by atoms with Gasteiger partial charge >= 0.3 is 0 Å². The van der Waals surface area contributed by atoms with E-state index in [0.29, 0.717) is 57.9 Å². The fourth-order valence-corrected chi connectivity index (χ4v) is 5.17. The summed E-state index contributed by atoms with van der Waals surface area (Å²) >= 11 is 0. The number of nitrogens with zero attached hydrogens (tertiary/aromatic N) is 3. The minimum absolute atomic E-state index is 0.0482. The molecule has 1 amide bonds. The van der Waals surface area contributed by atoms with Crippen molar-refractivity contribution in [2.75, 3.05) is 57.3 Å². The first kappa shape index (κ1) is 26.4. The minimum atomic E-state index is -1.27. The fraction of sp³-hybridized carbons (Fsp3) is 0.536. The zero-order valence-electron chi connectivity index (χ0n) is 21.5. The molecule has 2 fully saturated rings. The molecule has 0 spiro atoms. The van der Waals surface area contributed by atoms with Crippen LogP contribution in [0.1, 0.15) is 30.9 Å². The number of anilines is 1. The van der Waals surface area contributed by atoms with Crippen molar-refractivity contribution in [2.45, 2.75) is 44.8 Å². The zero-order chi connectivity index (χ0) is 25.9. The SMILES string of the molecule is CC(=O)N1CCN(CC2(O)CCN(c3ccc(F)cc3)CC2)C[C@@](O)(COc2ccc(C)c(C)c2)C1. The summed E-state index contributed by atoms with van der Waals surface area (Å²) in [6.07, 6.45) is 1.13. The Morgan fingerprint density at radius 2 is 1.64 bits per heavy atom. The quantitative estimate of drug-likeness (QED) is 0.637. The number of ether oxygens (including phenoxy) is 1. The van der Waals surface area contributed by atoms with E-state index < -0.39 is 11.2 Å². The number of benzene rings is 2. The van der Waals surface area contributed by atoms with Gasteiger partial charge in [-0.3, -0.25) is 9.69 Å². The van der Waals surface area contributed by atoms with Crippen molar-refractivity contribution < 1.29 is 24.1 Å².